The predicted octanol–water partition coefficient (Wildman–Crippen LogP) is 3.41. The molecule has 0 aliphatic carbocycles. The molecule has 2 rings (SSSR count). The second-order valence-corrected chi connectivity index (χ2v) is 4.76. The van der Waals surface area contributed by atoms with Gasteiger partial charge in [0.15, 0.2) is 17.5 Å². The number of nitrogens with zero attached hydrogens (tertiary/aromatic N) is 2. The summed E-state index contributed by atoms with van der Waals surface area (Å²) >= 11 is 0. The number of nitrogens with one attached hydrogen (secondary N) is 1. The number of aryl methyl sites for hydroxylation is 1. The molecular weight excluding hydrogens is 279 g/mol. The van der Waals surface area contributed by atoms with Crippen LogP contribution >= 0.6 is 0 Å². The van der Waals surface area contributed by atoms with Crippen LogP contribution in [-0.2, 0) is 6.54 Å². The van der Waals surface area contributed by atoms with Gasteiger partial charge in [-0.05, 0) is 37.6 Å². The molecule has 0 fully saturated rings. The van der Waals surface area contributed by atoms with Crippen molar-refractivity contribution in [1.29, 1.82) is 0 Å². The Morgan fingerprint density at radius 3 is 2.43 bits per heavy atom. The smallest absolute Gasteiger partial charge is 0.194 e. The summed E-state index contributed by atoms with van der Waals surface area (Å²) in [6.45, 7) is 5.28. The first kappa shape index (κ1) is 15.6. The van der Waals surface area contributed by atoms with Crippen LogP contribution in [0.4, 0.5) is 13.2 Å². The first-order valence-corrected chi connectivity index (χ1v) is 6.97. The van der Waals surface area contributed by atoms with Gasteiger partial charge in [-0.15, -0.1) is 0 Å². The Morgan fingerprint density at radius 2 is 1.86 bits per heavy atom. The van der Waals surface area contributed by atoms with Crippen LogP contribution in [0.5, 0.6) is 0 Å². The van der Waals surface area contributed by atoms with Gasteiger partial charge in [0.2, 0.25) is 0 Å². The Hall–Kier alpha value is -1.82. The molecule has 1 aromatic heterocycles. The summed E-state index contributed by atoms with van der Waals surface area (Å²) in [7, 11) is 0. The van der Waals surface area contributed by atoms with Crippen LogP contribution in [0.25, 0.3) is 0 Å². The molecule has 1 N–H and O–H groups in total. The number of hydrogen-bond donors (Lipinski definition) is 1. The van der Waals surface area contributed by atoms with Crippen molar-refractivity contribution in [1.82, 2.24) is 14.9 Å². The average Bonchev–Trinajstić information content (AvgIpc) is 2.93. The maximum absolute atomic E-state index is 13.5. The molecule has 114 valence electrons. The molecule has 6 heteroatoms. The minimum absolute atomic E-state index is 0.320. The Balaban J connectivity index is 2.45. The van der Waals surface area contributed by atoms with Crippen molar-refractivity contribution in [3.63, 3.8) is 0 Å². The van der Waals surface area contributed by atoms with Crippen LogP contribution < -0.4 is 5.32 Å². The van der Waals surface area contributed by atoms with Crippen molar-refractivity contribution in [3.05, 3.63) is 53.4 Å². The van der Waals surface area contributed by atoms with Crippen LogP contribution in [0.3, 0.4) is 0 Å². The van der Waals surface area contributed by atoms with E-state index >= 15 is 0 Å². The molecule has 1 atom stereocenters. The summed E-state index contributed by atoms with van der Waals surface area (Å²) in [5.74, 6) is -3.19. The van der Waals surface area contributed by atoms with E-state index in [0.29, 0.717) is 24.5 Å². The Labute approximate surface area is 121 Å². The van der Waals surface area contributed by atoms with Crippen LogP contribution in [0, 0.1) is 17.5 Å². The predicted molar refractivity (Wildman–Crippen MR) is 74.4 cm³/mol. The zero-order chi connectivity index (χ0) is 15.4. The first-order chi connectivity index (χ1) is 10.1. The quantitative estimate of drug-likeness (QED) is 0.828. The number of imidazole rings is 1. The van der Waals surface area contributed by atoms with E-state index < -0.39 is 23.5 Å². The lowest BCUT2D eigenvalue weighted by atomic mass is 10.0. The third-order valence-electron chi connectivity index (χ3n) is 3.28. The SMILES string of the molecule is CCCNC(c1cc(F)c(F)c(F)c1)c1nccn1CC. The maximum atomic E-state index is 13.5. The molecule has 21 heavy (non-hydrogen) atoms. The number of aromatic nitrogens is 2. The third-order valence-corrected chi connectivity index (χ3v) is 3.28. The van der Waals surface area contributed by atoms with Crippen LogP contribution in [0.15, 0.2) is 24.5 Å². The molecule has 3 nitrogen and oxygen atoms in total. The summed E-state index contributed by atoms with van der Waals surface area (Å²) in [6.07, 6.45) is 4.29. The molecule has 0 spiro atoms. The molecule has 1 unspecified atom stereocenters. The summed E-state index contributed by atoms with van der Waals surface area (Å²) in [5.41, 5.74) is 0.320. The highest BCUT2D eigenvalue weighted by Gasteiger charge is 2.21. The van der Waals surface area contributed by atoms with E-state index in [9.17, 15) is 13.2 Å². The van der Waals surface area contributed by atoms with E-state index in [2.05, 4.69) is 10.3 Å². The number of rotatable bonds is 6. The molecule has 0 saturated carbocycles. The van der Waals surface area contributed by atoms with Gasteiger partial charge in [0.1, 0.15) is 5.82 Å². The summed E-state index contributed by atoms with van der Waals surface area (Å²) < 4.78 is 42.0. The van der Waals surface area contributed by atoms with Gasteiger partial charge in [-0.3, -0.25) is 0 Å². The molecule has 0 aliphatic heterocycles. The first-order valence-electron chi connectivity index (χ1n) is 6.97. The Morgan fingerprint density at radius 1 is 1.19 bits per heavy atom. The fourth-order valence-corrected chi connectivity index (χ4v) is 2.24. The van der Waals surface area contributed by atoms with Gasteiger partial charge in [0.05, 0.1) is 6.04 Å². The molecule has 1 heterocycles. The van der Waals surface area contributed by atoms with Gasteiger partial charge < -0.3 is 9.88 Å². The van der Waals surface area contributed by atoms with E-state index in [1.807, 2.05) is 18.4 Å². The number of benzene rings is 1. The molecule has 0 aliphatic rings. The van der Waals surface area contributed by atoms with Gasteiger partial charge in [-0.1, -0.05) is 6.92 Å². The van der Waals surface area contributed by atoms with Gasteiger partial charge in [-0.25, -0.2) is 18.2 Å². The van der Waals surface area contributed by atoms with Crippen molar-refractivity contribution in [2.24, 2.45) is 0 Å². The van der Waals surface area contributed by atoms with Crippen molar-refractivity contribution in [2.45, 2.75) is 32.9 Å². The maximum Gasteiger partial charge on any atom is 0.194 e. The normalized spacial score (nSPS) is 12.6. The molecule has 0 amide bonds. The summed E-state index contributed by atoms with van der Waals surface area (Å²) in [6, 6.07) is 1.55. The van der Waals surface area contributed by atoms with E-state index in [1.165, 1.54) is 0 Å². The number of hydrogen-bond acceptors (Lipinski definition) is 2. The number of halogens is 3. The van der Waals surface area contributed by atoms with Crippen LogP contribution in [0.1, 0.15) is 37.7 Å². The lowest BCUT2D eigenvalue weighted by Crippen LogP contribution is -2.26. The molecule has 2 aromatic rings. The second kappa shape index (κ2) is 6.76. The van der Waals surface area contributed by atoms with Crippen molar-refractivity contribution >= 4 is 0 Å². The largest absolute Gasteiger partial charge is 0.334 e. The Kier molecular flexibility index (Phi) is 5.01. The Bertz CT molecular complexity index is 587. The zero-order valence-electron chi connectivity index (χ0n) is 12.0. The lowest BCUT2D eigenvalue weighted by molar-refractivity contribution is 0.440. The minimum Gasteiger partial charge on any atom is -0.334 e. The molecule has 0 bridgehead atoms. The van der Waals surface area contributed by atoms with Gasteiger partial charge in [-0.2, -0.15) is 0 Å². The molecular formula is C15H18F3N3. The second-order valence-electron chi connectivity index (χ2n) is 4.76. The summed E-state index contributed by atoms with van der Waals surface area (Å²) in [4.78, 5) is 4.26. The van der Waals surface area contributed by atoms with Crippen LogP contribution in [0.2, 0.25) is 0 Å². The fraction of sp³-hybridized carbons (Fsp3) is 0.400. The highest BCUT2D eigenvalue weighted by atomic mass is 19.2. The average molecular weight is 297 g/mol. The highest BCUT2D eigenvalue weighted by Crippen LogP contribution is 2.24. The van der Waals surface area contributed by atoms with Crippen molar-refractivity contribution < 1.29 is 13.2 Å². The van der Waals surface area contributed by atoms with Crippen molar-refractivity contribution in [3.8, 4) is 0 Å². The third kappa shape index (κ3) is 3.26. The van der Waals surface area contributed by atoms with Gasteiger partial charge in [0, 0.05) is 18.9 Å². The van der Waals surface area contributed by atoms with Crippen LogP contribution in [-0.4, -0.2) is 16.1 Å². The molecule has 0 saturated heterocycles. The van der Waals surface area contributed by atoms with E-state index in [4.69, 9.17) is 0 Å². The van der Waals surface area contributed by atoms with Gasteiger partial charge >= 0.3 is 0 Å². The van der Waals surface area contributed by atoms with E-state index in [-0.39, 0.29) is 0 Å². The summed E-state index contributed by atoms with van der Waals surface area (Å²) in [5, 5.41) is 3.20. The topological polar surface area (TPSA) is 29.9 Å². The minimum atomic E-state index is -1.45. The zero-order valence-corrected chi connectivity index (χ0v) is 12.0. The fourth-order valence-electron chi connectivity index (χ4n) is 2.24. The molecule has 1 aromatic carbocycles. The van der Waals surface area contributed by atoms with E-state index in [0.717, 1.165) is 18.6 Å². The lowest BCUT2D eigenvalue weighted by Gasteiger charge is -2.20. The highest BCUT2D eigenvalue weighted by molar-refractivity contribution is 5.27. The standard InChI is InChI=1S/C15H18F3N3/c1-3-5-19-14(15-20-6-7-21(15)4-2)10-8-11(16)13(18)12(17)9-10/h6-9,14,19H,3-5H2,1-2H3. The van der Waals surface area contributed by atoms with Crippen molar-refractivity contribution in [2.75, 3.05) is 6.54 Å². The van der Waals surface area contributed by atoms with Gasteiger partial charge in [0.25, 0.3) is 0 Å². The van der Waals surface area contributed by atoms with E-state index in [1.54, 1.807) is 12.4 Å². The monoisotopic (exact) mass is 297 g/mol. The molecule has 0 radical (unpaired) electrons.